The lowest BCUT2D eigenvalue weighted by Gasteiger charge is -2.40. The average molecular weight is 363 g/mol. The van der Waals surface area contributed by atoms with Gasteiger partial charge in [0, 0.05) is 0 Å². The SMILES string of the molecule is CCCCCCCCCCCC[N+](C)(C)C(CC)C(O)c1ccccc1. The van der Waals surface area contributed by atoms with Gasteiger partial charge in [0.2, 0.25) is 0 Å². The van der Waals surface area contributed by atoms with E-state index in [0.29, 0.717) is 0 Å². The first-order chi connectivity index (χ1) is 12.5. The first kappa shape index (κ1) is 23.2. The summed E-state index contributed by atoms with van der Waals surface area (Å²) in [4.78, 5) is 0. The zero-order valence-corrected chi connectivity index (χ0v) is 17.9. The van der Waals surface area contributed by atoms with Gasteiger partial charge < -0.3 is 9.59 Å². The first-order valence-corrected chi connectivity index (χ1v) is 11.1. The Morgan fingerprint density at radius 1 is 0.769 bits per heavy atom. The fraction of sp³-hybridized carbons (Fsp3) is 0.750. The molecule has 0 saturated heterocycles. The van der Waals surface area contributed by atoms with E-state index >= 15 is 0 Å². The number of hydrogen-bond acceptors (Lipinski definition) is 1. The Bertz CT molecular complexity index is 443. The minimum absolute atomic E-state index is 0.260. The Kier molecular flexibility index (Phi) is 11.9. The van der Waals surface area contributed by atoms with E-state index in [1.165, 1.54) is 64.2 Å². The Hall–Kier alpha value is -0.860. The maximum atomic E-state index is 10.9. The van der Waals surface area contributed by atoms with Crippen molar-refractivity contribution in [1.82, 2.24) is 0 Å². The summed E-state index contributed by atoms with van der Waals surface area (Å²) in [5.74, 6) is 0. The van der Waals surface area contributed by atoms with Crippen molar-refractivity contribution in [2.75, 3.05) is 20.6 Å². The smallest absolute Gasteiger partial charge is 0.131 e. The van der Waals surface area contributed by atoms with Gasteiger partial charge in [-0.1, -0.05) is 95.5 Å². The Morgan fingerprint density at radius 2 is 1.27 bits per heavy atom. The lowest BCUT2D eigenvalue weighted by Crippen LogP contribution is -2.52. The van der Waals surface area contributed by atoms with Crippen LogP contribution >= 0.6 is 0 Å². The second-order valence-corrected chi connectivity index (χ2v) is 8.52. The molecule has 2 atom stereocenters. The number of aliphatic hydroxyl groups is 1. The van der Waals surface area contributed by atoms with Crippen molar-refractivity contribution in [1.29, 1.82) is 0 Å². The maximum absolute atomic E-state index is 10.9. The van der Waals surface area contributed by atoms with Crippen LogP contribution in [-0.2, 0) is 0 Å². The molecule has 0 aliphatic carbocycles. The molecule has 2 unspecified atom stereocenters. The van der Waals surface area contributed by atoms with Gasteiger partial charge in [0.25, 0.3) is 0 Å². The largest absolute Gasteiger partial charge is 0.382 e. The Balaban J connectivity index is 2.27. The predicted octanol–water partition coefficient (Wildman–Crippen LogP) is 6.50. The summed E-state index contributed by atoms with van der Waals surface area (Å²) in [7, 11) is 4.57. The number of rotatable bonds is 15. The molecular weight excluding hydrogens is 318 g/mol. The van der Waals surface area contributed by atoms with Crippen LogP contribution in [0.25, 0.3) is 0 Å². The van der Waals surface area contributed by atoms with Gasteiger partial charge in [-0.05, 0) is 24.8 Å². The number of benzene rings is 1. The highest BCUT2D eigenvalue weighted by Gasteiger charge is 2.33. The molecule has 2 heteroatoms. The fourth-order valence-corrected chi connectivity index (χ4v) is 4.14. The summed E-state index contributed by atoms with van der Waals surface area (Å²) in [6.45, 7) is 5.64. The average Bonchev–Trinajstić information content (AvgIpc) is 2.64. The number of hydrogen-bond donors (Lipinski definition) is 1. The van der Waals surface area contributed by atoms with E-state index in [1.54, 1.807) is 0 Å². The van der Waals surface area contributed by atoms with E-state index in [4.69, 9.17) is 0 Å². The number of nitrogens with zero attached hydrogens (tertiary/aromatic N) is 1. The van der Waals surface area contributed by atoms with E-state index in [0.717, 1.165) is 23.0 Å². The number of unbranched alkanes of at least 4 members (excludes halogenated alkanes) is 9. The van der Waals surface area contributed by atoms with Crippen LogP contribution in [0.4, 0.5) is 0 Å². The van der Waals surface area contributed by atoms with E-state index in [2.05, 4.69) is 27.9 Å². The van der Waals surface area contributed by atoms with E-state index in [-0.39, 0.29) is 12.1 Å². The highest BCUT2D eigenvalue weighted by atomic mass is 16.3. The molecule has 0 spiro atoms. The highest BCUT2D eigenvalue weighted by Crippen LogP contribution is 2.27. The second-order valence-electron chi connectivity index (χ2n) is 8.52. The molecule has 0 heterocycles. The third-order valence-corrected chi connectivity index (χ3v) is 5.91. The van der Waals surface area contributed by atoms with Gasteiger partial charge in [0.1, 0.15) is 12.1 Å². The van der Waals surface area contributed by atoms with E-state index in [9.17, 15) is 5.11 Å². The molecule has 1 rings (SSSR count). The van der Waals surface area contributed by atoms with Gasteiger partial charge in [-0.2, -0.15) is 0 Å². The summed E-state index contributed by atoms with van der Waals surface area (Å²) in [5.41, 5.74) is 1.05. The normalized spacial score (nSPS) is 14.3. The van der Waals surface area contributed by atoms with Crippen molar-refractivity contribution in [2.45, 2.75) is 96.6 Å². The van der Waals surface area contributed by atoms with Crippen LogP contribution in [0.2, 0.25) is 0 Å². The summed E-state index contributed by atoms with van der Waals surface area (Å²) in [6, 6.07) is 10.4. The van der Waals surface area contributed by atoms with Gasteiger partial charge in [-0.15, -0.1) is 0 Å². The van der Waals surface area contributed by atoms with Gasteiger partial charge in [-0.25, -0.2) is 0 Å². The number of aliphatic hydroxyl groups excluding tert-OH is 1. The number of likely N-dealkylation sites (N-methyl/N-ethyl adjacent to an activating group) is 1. The molecule has 0 aromatic heterocycles. The Labute approximate surface area is 163 Å². The van der Waals surface area contributed by atoms with Crippen LogP contribution < -0.4 is 0 Å². The standard InChI is InChI=1S/C24H44NO/c1-5-7-8-9-10-11-12-13-14-18-21-25(3,4)23(6-2)24(26)22-19-16-15-17-20-22/h15-17,19-20,23-24,26H,5-14,18,21H2,1-4H3/q+1. The Morgan fingerprint density at radius 3 is 1.77 bits per heavy atom. The van der Waals surface area contributed by atoms with Crippen molar-refractivity contribution < 1.29 is 9.59 Å². The zero-order valence-electron chi connectivity index (χ0n) is 17.9. The first-order valence-electron chi connectivity index (χ1n) is 11.1. The summed E-state index contributed by atoms with van der Waals surface area (Å²) < 4.78 is 0.906. The van der Waals surface area contributed by atoms with Gasteiger partial charge >= 0.3 is 0 Å². The van der Waals surface area contributed by atoms with Crippen molar-refractivity contribution >= 4 is 0 Å². The van der Waals surface area contributed by atoms with E-state index in [1.807, 2.05) is 30.3 Å². The molecule has 0 fully saturated rings. The van der Waals surface area contributed by atoms with E-state index < -0.39 is 0 Å². The molecule has 2 nitrogen and oxygen atoms in total. The van der Waals surface area contributed by atoms with Crippen LogP contribution in [0.5, 0.6) is 0 Å². The summed E-state index contributed by atoms with van der Waals surface area (Å²) in [6.07, 6.45) is 14.4. The molecule has 0 bridgehead atoms. The minimum atomic E-state index is -0.376. The minimum Gasteiger partial charge on any atom is -0.382 e. The maximum Gasteiger partial charge on any atom is 0.131 e. The molecule has 0 amide bonds. The zero-order chi connectivity index (χ0) is 19.3. The van der Waals surface area contributed by atoms with Crippen LogP contribution in [0.3, 0.4) is 0 Å². The molecular formula is C24H44NO+. The van der Waals surface area contributed by atoms with Gasteiger partial charge in [0.05, 0.1) is 20.6 Å². The van der Waals surface area contributed by atoms with Crippen molar-refractivity contribution in [3.05, 3.63) is 35.9 Å². The molecule has 1 N–H and O–H groups in total. The van der Waals surface area contributed by atoms with Crippen LogP contribution in [0, 0.1) is 0 Å². The van der Waals surface area contributed by atoms with Gasteiger partial charge in [0.15, 0.2) is 0 Å². The van der Waals surface area contributed by atoms with Crippen LogP contribution in [0.15, 0.2) is 30.3 Å². The molecule has 0 aliphatic heterocycles. The number of quaternary nitrogens is 1. The third-order valence-electron chi connectivity index (χ3n) is 5.91. The van der Waals surface area contributed by atoms with Crippen molar-refractivity contribution in [3.8, 4) is 0 Å². The predicted molar refractivity (Wildman–Crippen MR) is 114 cm³/mol. The second kappa shape index (κ2) is 13.3. The van der Waals surface area contributed by atoms with Crippen molar-refractivity contribution in [3.63, 3.8) is 0 Å². The molecule has 150 valence electrons. The monoisotopic (exact) mass is 362 g/mol. The lowest BCUT2D eigenvalue weighted by molar-refractivity contribution is -0.919. The molecule has 0 aliphatic rings. The topological polar surface area (TPSA) is 20.2 Å². The van der Waals surface area contributed by atoms with Crippen LogP contribution in [-0.4, -0.2) is 36.3 Å². The quantitative estimate of drug-likeness (QED) is 0.279. The highest BCUT2D eigenvalue weighted by molar-refractivity contribution is 5.18. The molecule has 0 radical (unpaired) electrons. The fourth-order valence-electron chi connectivity index (χ4n) is 4.14. The lowest BCUT2D eigenvalue weighted by atomic mass is 9.97. The van der Waals surface area contributed by atoms with Gasteiger partial charge in [-0.3, -0.25) is 0 Å². The molecule has 26 heavy (non-hydrogen) atoms. The summed E-state index contributed by atoms with van der Waals surface area (Å²) >= 11 is 0. The van der Waals surface area contributed by atoms with Crippen molar-refractivity contribution in [2.24, 2.45) is 0 Å². The molecule has 0 saturated carbocycles. The van der Waals surface area contributed by atoms with Crippen LogP contribution in [0.1, 0.15) is 96.1 Å². The molecule has 1 aromatic carbocycles. The summed E-state index contributed by atoms with van der Waals surface area (Å²) in [5, 5.41) is 10.9. The third kappa shape index (κ3) is 8.68. The molecule has 1 aromatic rings.